The van der Waals surface area contributed by atoms with Crippen molar-refractivity contribution in [2.24, 2.45) is 0 Å². The molecule has 0 aliphatic carbocycles. The van der Waals surface area contributed by atoms with Gasteiger partial charge in [0.1, 0.15) is 0 Å². The second kappa shape index (κ2) is 47.8. The zero-order chi connectivity index (χ0) is 40.7. The SMILES string of the molecule is CCCCCCCCCCCC(=O)OCCCCCCCCCCCCCCOC(=O)CCCCCCCCCCCOC(=O)CCCCCCCCCCC. The molecule has 0 saturated carbocycles. The van der Waals surface area contributed by atoms with Gasteiger partial charge in [0.05, 0.1) is 19.8 Å². The van der Waals surface area contributed by atoms with Gasteiger partial charge in [-0.15, -0.1) is 0 Å². The van der Waals surface area contributed by atoms with Crippen LogP contribution in [0.15, 0.2) is 0 Å². The van der Waals surface area contributed by atoms with E-state index >= 15 is 0 Å². The van der Waals surface area contributed by atoms with Gasteiger partial charge in [0.25, 0.3) is 0 Å². The summed E-state index contributed by atoms with van der Waals surface area (Å²) < 4.78 is 16.3. The van der Waals surface area contributed by atoms with Crippen molar-refractivity contribution in [3.05, 3.63) is 0 Å². The lowest BCUT2D eigenvalue weighted by Crippen LogP contribution is -2.05. The lowest BCUT2D eigenvalue weighted by atomic mass is 10.1. The minimum Gasteiger partial charge on any atom is -0.466 e. The Kier molecular flexibility index (Phi) is 46.4. The number of esters is 3. The maximum atomic E-state index is 12.0. The third-order valence-corrected chi connectivity index (χ3v) is 11.3. The van der Waals surface area contributed by atoms with Gasteiger partial charge in [-0.1, -0.05) is 226 Å². The van der Waals surface area contributed by atoms with Crippen LogP contribution in [0.4, 0.5) is 0 Å². The second-order valence-corrected chi connectivity index (χ2v) is 17.0. The first-order valence-corrected chi connectivity index (χ1v) is 25.1. The average Bonchev–Trinajstić information content (AvgIpc) is 3.19. The van der Waals surface area contributed by atoms with Gasteiger partial charge in [0.2, 0.25) is 0 Å². The van der Waals surface area contributed by atoms with Crippen LogP contribution >= 0.6 is 0 Å². The monoisotopic (exact) mass is 793 g/mol. The molecule has 6 heteroatoms. The summed E-state index contributed by atoms with van der Waals surface area (Å²) in [4.78, 5) is 35.9. The van der Waals surface area contributed by atoms with E-state index in [4.69, 9.17) is 14.2 Å². The van der Waals surface area contributed by atoms with Crippen LogP contribution in [-0.2, 0) is 28.6 Å². The van der Waals surface area contributed by atoms with Crippen molar-refractivity contribution in [3.8, 4) is 0 Å². The molecule has 56 heavy (non-hydrogen) atoms. The number of ether oxygens (including phenoxy) is 3. The quantitative estimate of drug-likeness (QED) is 0.0347. The van der Waals surface area contributed by atoms with Crippen molar-refractivity contribution >= 4 is 17.9 Å². The predicted molar refractivity (Wildman–Crippen MR) is 238 cm³/mol. The highest BCUT2D eigenvalue weighted by Crippen LogP contribution is 2.15. The van der Waals surface area contributed by atoms with Crippen LogP contribution in [-0.4, -0.2) is 37.7 Å². The molecule has 0 spiro atoms. The molecule has 0 atom stereocenters. The van der Waals surface area contributed by atoms with E-state index < -0.39 is 0 Å². The number of rotatable bonds is 47. The summed E-state index contributed by atoms with van der Waals surface area (Å²) in [5, 5.41) is 0. The minimum atomic E-state index is -0.0239. The molecule has 0 fully saturated rings. The van der Waals surface area contributed by atoms with Gasteiger partial charge in [-0.25, -0.2) is 0 Å². The molecule has 332 valence electrons. The van der Waals surface area contributed by atoms with E-state index in [-0.39, 0.29) is 17.9 Å². The highest BCUT2D eigenvalue weighted by molar-refractivity contribution is 5.69. The first kappa shape index (κ1) is 54.4. The predicted octanol–water partition coefficient (Wildman–Crippen LogP) is 16.0. The Morgan fingerprint density at radius 3 is 0.589 bits per heavy atom. The topological polar surface area (TPSA) is 78.9 Å². The maximum absolute atomic E-state index is 12.0. The van der Waals surface area contributed by atoms with E-state index in [1.807, 2.05) is 0 Å². The molecule has 0 N–H and O–H groups in total. The van der Waals surface area contributed by atoms with Gasteiger partial charge in [-0.05, 0) is 38.5 Å². The molecule has 6 nitrogen and oxygen atoms in total. The van der Waals surface area contributed by atoms with Crippen molar-refractivity contribution in [3.63, 3.8) is 0 Å². The van der Waals surface area contributed by atoms with Gasteiger partial charge in [0.15, 0.2) is 0 Å². The fourth-order valence-corrected chi connectivity index (χ4v) is 7.52. The smallest absolute Gasteiger partial charge is 0.305 e. The van der Waals surface area contributed by atoms with Gasteiger partial charge < -0.3 is 14.2 Å². The summed E-state index contributed by atoms with van der Waals surface area (Å²) in [5.41, 5.74) is 0. The zero-order valence-electron chi connectivity index (χ0n) is 37.8. The van der Waals surface area contributed by atoms with Crippen LogP contribution in [0.25, 0.3) is 0 Å². The molecule has 0 aliphatic rings. The van der Waals surface area contributed by atoms with Gasteiger partial charge >= 0.3 is 17.9 Å². The Morgan fingerprint density at radius 1 is 0.232 bits per heavy atom. The van der Waals surface area contributed by atoms with E-state index in [1.165, 1.54) is 180 Å². The Balaban J connectivity index is 3.25. The molecule has 0 aromatic heterocycles. The fourth-order valence-electron chi connectivity index (χ4n) is 7.52. The van der Waals surface area contributed by atoms with E-state index in [2.05, 4.69) is 13.8 Å². The molecule has 0 amide bonds. The number of carbonyl (C=O) groups is 3. The molecule has 0 rings (SSSR count). The van der Waals surface area contributed by atoms with Crippen molar-refractivity contribution in [2.45, 2.75) is 284 Å². The molecule has 0 bridgehead atoms. The fraction of sp³-hybridized carbons (Fsp3) is 0.940. The van der Waals surface area contributed by atoms with Crippen molar-refractivity contribution in [1.29, 1.82) is 0 Å². The number of hydrogen-bond donors (Lipinski definition) is 0. The Labute approximate surface area is 348 Å². The summed E-state index contributed by atoms with van der Waals surface area (Å²) in [6.07, 6.45) is 49.6. The van der Waals surface area contributed by atoms with Crippen LogP contribution < -0.4 is 0 Å². The Morgan fingerprint density at radius 2 is 0.393 bits per heavy atom. The second-order valence-electron chi connectivity index (χ2n) is 17.0. The molecule has 0 unspecified atom stereocenters. The third-order valence-electron chi connectivity index (χ3n) is 11.3. The van der Waals surface area contributed by atoms with Gasteiger partial charge in [-0.2, -0.15) is 0 Å². The van der Waals surface area contributed by atoms with Crippen molar-refractivity contribution < 1.29 is 28.6 Å². The van der Waals surface area contributed by atoms with Crippen LogP contribution in [0.5, 0.6) is 0 Å². The lowest BCUT2D eigenvalue weighted by molar-refractivity contribution is -0.144. The summed E-state index contributed by atoms with van der Waals surface area (Å²) in [6.45, 7) is 6.27. The van der Waals surface area contributed by atoms with Crippen LogP contribution in [0.1, 0.15) is 284 Å². The first-order valence-electron chi connectivity index (χ1n) is 25.1. The molecular formula is C50H96O6. The maximum Gasteiger partial charge on any atom is 0.305 e. The molecule has 0 radical (unpaired) electrons. The van der Waals surface area contributed by atoms with Crippen LogP contribution in [0.3, 0.4) is 0 Å². The normalized spacial score (nSPS) is 11.2. The average molecular weight is 793 g/mol. The largest absolute Gasteiger partial charge is 0.466 e. The van der Waals surface area contributed by atoms with E-state index in [1.54, 1.807) is 0 Å². The summed E-state index contributed by atoms with van der Waals surface area (Å²) in [7, 11) is 0. The standard InChI is InChI=1S/C50H96O6/c1-3-5-7-9-11-18-24-30-36-42-48(51)54-45-39-33-27-21-15-13-14-16-22-28-34-40-46-55-50(53)44-38-32-26-20-17-23-29-35-41-47-56-49(52)43-37-31-25-19-12-10-8-6-4-2/h3-47H2,1-2H3. The summed E-state index contributed by atoms with van der Waals surface area (Å²) in [5.74, 6) is -0.0401. The third kappa shape index (κ3) is 46.8. The highest BCUT2D eigenvalue weighted by Gasteiger charge is 2.05. The molecular weight excluding hydrogens is 697 g/mol. The molecule has 0 aromatic rings. The minimum absolute atomic E-state index is 0.00250. The first-order chi connectivity index (χ1) is 27.6. The molecule has 0 heterocycles. The van der Waals surface area contributed by atoms with Gasteiger partial charge in [0, 0.05) is 19.3 Å². The molecule has 0 aliphatic heterocycles. The summed E-state index contributed by atoms with van der Waals surface area (Å²) >= 11 is 0. The molecule has 0 saturated heterocycles. The number of hydrogen-bond acceptors (Lipinski definition) is 6. The van der Waals surface area contributed by atoms with Crippen LogP contribution in [0, 0.1) is 0 Å². The van der Waals surface area contributed by atoms with E-state index in [0.717, 1.165) is 70.6 Å². The summed E-state index contributed by atoms with van der Waals surface area (Å²) in [6, 6.07) is 0. The van der Waals surface area contributed by atoms with Gasteiger partial charge in [-0.3, -0.25) is 14.4 Å². The Hall–Kier alpha value is -1.59. The van der Waals surface area contributed by atoms with E-state index in [0.29, 0.717) is 39.1 Å². The number of unbranched alkanes of at least 4 members (excludes halogenated alkanes) is 35. The van der Waals surface area contributed by atoms with Crippen LogP contribution in [0.2, 0.25) is 0 Å². The Bertz CT molecular complexity index is 813. The zero-order valence-corrected chi connectivity index (χ0v) is 37.8. The highest BCUT2D eigenvalue weighted by atomic mass is 16.5. The van der Waals surface area contributed by atoms with Crippen molar-refractivity contribution in [1.82, 2.24) is 0 Å². The number of carbonyl (C=O) groups excluding carboxylic acids is 3. The van der Waals surface area contributed by atoms with Crippen molar-refractivity contribution in [2.75, 3.05) is 19.8 Å². The molecule has 0 aromatic carbocycles. The van der Waals surface area contributed by atoms with E-state index in [9.17, 15) is 14.4 Å². The lowest BCUT2D eigenvalue weighted by Gasteiger charge is -2.06.